The largest absolute Gasteiger partial charge is 0.307 e. The van der Waals surface area contributed by atoms with Gasteiger partial charge in [0.1, 0.15) is 10.3 Å². The Morgan fingerprint density at radius 2 is 2.06 bits per heavy atom. The number of hydrogen-bond donors (Lipinski definition) is 0. The number of halogens is 2. The summed E-state index contributed by atoms with van der Waals surface area (Å²) in [5, 5.41) is 0.692. The summed E-state index contributed by atoms with van der Waals surface area (Å²) in [5.41, 5.74) is 1.75. The van der Waals surface area contributed by atoms with E-state index in [1.54, 1.807) is 16.7 Å². The first-order chi connectivity index (χ1) is 7.99. The number of thiazole rings is 1. The van der Waals surface area contributed by atoms with E-state index in [9.17, 15) is 4.79 Å². The molecule has 0 amide bonds. The third-order valence-electron chi connectivity index (χ3n) is 2.60. The second kappa shape index (κ2) is 4.80. The van der Waals surface area contributed by atoms with Crippen molar-refractivity contribution >= 4 is 34.5 Å². The molecule has 0 atom stereocenters. The van der Waals surface area contributed by atoms with Gasteiger partial charge in [0.05, 0.1) is 6.54 Å². The van der Waals surface area contributed by atoms with Gasteiger partial charge in [-0.05, 0) is 19.9 Å². The van der Waals surface area contributed by atoms with Crippen LogP contribution in [0.3, 0.4) is 0 Å². The predicted molar refractivity (Wildman–Crippen MR) is 71.4 cm³/mol. The molecule has 2 heterocycles. The summed E-state index contributed by atoms with van der Waals surface area (Å²) in [4.78, 5) is 16.7. The van der Waals surface area contributed by atoms with Crippen molar-refractivity contribution in [3.8, 4) is 0 Å². The minimum Gasteiger partial charge on any atom is -0.299 e. The van der Waals surface area contributed by atoms with Crippen LogP contribution in [-0.2, 0) is 6.54 Å². The summed E-state index contributed by atoms with van der Waals surface area (Å²) in [6.45, 7) is 4.28. The summed E-state index contributed by atoms with van der Waals surface area (Å²) in [6, 6.07) is 3.46. The molecule has 0 saturated carbocycles. The fraction of sp³-hybridized carbons (Fsp3) is 0.273. The van der Waals surface area contributed by atoms with Crippen molar-refractivity contribution in [3.63, 3.8) is 0 Å². The molecule has 0 aliphatic carbocycles. The molecule has 3 nitrogen and oxygen atoms in total. The molecule has 0 aliphatic heterocycles. The van der Waals surface area contributed by atoms with Crippen LogP contribution in [0.25, 0.3) is 0 Å². The van der Waals surface area contributed by atoms with E-state index in [0.717, 1.165) is 16.1 Å². The molecule has 0 N–H and O–H groups in total. The maximum Gasteiger partial charge on any atom is 0.307 e. The first kappa shape index (κ1) is 12.6. The van der Waals surface area contributed by atoms with E-state index in [1.165, 1.54) is 11.3 Å². The van der Waals surface area contributed by atoms with Crippen LogP contribution in [0.4, 0.5) is 0 Å². The normalized spacial score (nSPS) is 10.8. The molecule has 17 heavy (non-hydrogen) atoms. The number of pyridine rings is 1. The molecule has 0 saturated heterocycles. The highest BCUT2D eigenvalue weighted by molar-refractivity contribution is 7.09. The molecule has 0 radical (unpaired) electrons. The van der Waals surface area contributed by atoms with Crippen molar-refractivity contribution in [2.45, 2.75) is 20.4 Å². The van der Waals surface area contributed by atoms with Crippen LogP contribution in [-0.4, -0.2) is 9.55 Å². The van der Waals surface area contributed by atoms with Crippen molar-refractivity contribution in [1.82, 2.24) is 9.55 Å². The Morgan fingerprint density at radius 1 is 1.35 bits per heavy atom. The fourth-order valence-corrected chi connectivity index (χ4v) is 2.74. The van der Waals surface area contributed by atoms with Crippen LogP contribution in [0.15, 0.2) is 16.9 Å². The van der Waals surface area contributed by atoms with Crippen LogP contribution < -0.4 is 4.87 Å². The quantitative estimate of drug-likeness (QED) is 0.795. The van der Waals surface area contributed by atoms with E-state index in [1.807, 2.05) is 13.8 Å². The molecule has 0 aromatic carbocycles. The molecule has 0 spiro atoms. The van der Waals surface area contributed by atoms with E-state index in [0.29, 0.717) is 16.9 Å². The third-order valence-corrected chi connectivity index (χ3v) is 4.13. The highest BCUT2D eigenvalue weighted by Gasteiger charge is 2.10. The zero-order chi connectivity index (χ0) is 12.6. The molecule has 0 aliphatic rings. The van der Waals surface area contributed by atoms with Gasteiger partial charge in [-0.1, -0.05) is 40.6 Å². The second-order valence-corrected chi connectivity index (χ2v) is 5.59. The van der Waals surface area contributed by atoms with E-state index in [2.05, 4.69) is 4.98 Å². The smallest absolute Gasteiger partial charge is 0.299 e. The van der Waals surface area contributed by atoms with Gasteiger partial charge in [0.25, 0.3) is 0 Å². The topological polar surface area (TPSA) is 34.9 Å². The SMILES string of the molecule is Cc1sc(=O)n(Cc2ccc(Cl)nc2Cl)c1C. The first-order valence-corrected chi connectivity index (χ1v) is 6.54. The molecule has 6 heteroatoms. The predicted octanol–water partition coefficient (Wildman–Crippen LogP) is 3.28. The maximum absolute atomic E-state index is 11.7. The lowest BCUT2D eigenvalue weighted by Gasteiger charge is -2.06. The summed E-state index contributed by atoms with van der Waals surface area (Å²) in [5.74, 6) is 0. The minimum atomic E-state index is 0.0195. The first-order valence-electron chi connectivity index (χ1n) is 4.97. The van der Waals surface area contributed by atoms with E-state index < -0.39 is 0 Å². The van der Waals surface area contributed by atoms with Crippen molar-refractivity contribution < 1.29 is 0 Å². The number of aryl methyl sites for hydroxylation is 1. The van der Waals surface area contributed by atoms with E-state index in [-0.39, 0.29) is 4.87 Å². The van der Waals surface area contributed by atoms with Gasteiger partial charge >= 0.3 is 4.87 Å². The summed E-state index contributed by atoms with van der Waals surface area (Å²) < 4.78 is 1.69. The van der Waals surface area contributed by atoms with Gasteiger partial charge in [-0.2, -0.15) is 0 Å². The van der Waals surface area contributed by atoms with Crippen LogP contribution in [0.5, 0.6) is 0 Å². The van der Waals surface area contributed by atoms with Gasteiger partial charge in [0.2, 0.25) is 0 Å². The molecule has 90 valence electrons. The van der Waals surface area contributed by atoms with Gasteiger partial charge < -0.3 is 0 Å². The van der Waals surface area contributed by atoms with Crippen molar-refractivity contribution in [2.24, 2.45) is 0 Å². The molecular weight excluding hydrogens is 279 g/mol. The summed E-state index contributed by atoms with van der Waals surface area (Å²) in [6.07, 6.45) is 0. The zero-order valence-corrected chi connectivity index (χ0v) is 11.7. The van der Waals surface area contributed by atoms with E-state index >= 15 is 0 Å². The Balaban J connectivity index is 2.41. The highest BCUT2D eigenvalue weighted by atomic mass is 35.5. The van der Waals surface area contributed by atoms with Crippen LogP contribution in [0, 0.1) is 13.8 Å². The number of hydrogen-bond acceptors (Lipinski definition) is 3. The Hall–Kier alpha value is -0.840. The maximum atomic E-state index is 11.7. The standard InChI is InChI=1S/C11H10Cl2N2OS/c1-6-7(2)17-11(16)15(6)5-8-3-4-9(12)14-10(8)13/h3-4H,5H2,1-2H3. The van der Waals surface area contributed by atoms with E-state index in [4.69, 9.17) is 23.2 Å². The monoisotopic (exact) mass is 288 g/mol. The average molecular weight is 289 g/mol. The minimum absolute atomic E-state index is 0.0195. The molecular formula is C11H10Cl2N2OS. The second-order valence-electron chi connectivity index (χ2n) is 3.68. The Labute approximate surface area is 113 Å². The van der Waals surface area contributed by atoms with Crippen LogP contribution in [0.2, 0.25) is 10.3 Å². The lowest BCUT2D eigenvalue weighted by Crippen LogP contribution is -2.15. The zero-order valence-electron chi connectivity index (χ0n) is 9.33. The van der Waals surface area contributed by atoms with Gasteiger partial charge in [-0.15, -0.1) is 0 Å². The summed E-state index contributed by atoms with van der Waals surface area (Å²) in [7, 11) is 0. The third kappa shape index (κ3) is 2.54. The van der Waals surface area contributed by atoms with Gasteiger partial charge in [-0.25, -0.2) is 4.98 Å². The van der Waals surface area contributed by atoms with Gasteiger partial charge in [0.15, 0.2) is 0 Å². The molecule has 0 unspecified atom stereocenters. The van der Waals surface area contributed by atoms with Crippen molar-refractivity contribution in [2.75, 3.05) is 0 Å². The highest BCUT2D eigenvalue weighted by Crippen LogP contribution is 2.19. The molecule has 2 aromatic heterocycles. The van der Waals surface area contributed by atoms with Gasteiger partial charge in [0, 0.05) is 16.1 Å². The Kier molecular flexibility index (Phi) is 3.56. The molecule has 2 rings (SSSR count). The lowest BCUT2D eigenvalue weighted by molar-refractivity contribution is 0.749. The van der Waals surface area contributed by atoms with Crippen molar-refractivity contribution in [3.05, 3.63) is 48.2 Å². The number of aromatic nitrogens is 2. The van der Waals surface area contributed by atoms with Crippen LogP contribution in [0.1, 0.15) is 16.1 Å². The number of nitrogens with zero attached hydrogens (tertiary/aromatic N) is 2. The van der Waals surface area contributed by atoms with Gasteiger partial charge in [-0.3, -0.25) is 9.36 Å². The molecule has 0 fully saturated rings. The number of rotatable bonds is 2. The lowest BCUT2D eigenvalue weighted by atomic mass is 10.3. The molecule has 2 aromatic rings. The molecule has 0 bridgehead atoms. The Morgan fingerprint density at radius 3 is 2.59 bits per heavy atom. The summed E-state index contributed by atoms with van der Waals surface area (Å²) >= 11 is 12.9. The fourth-order valence-electron chi connectivity index (χ4n) is 1.50. The Bertz CT molecular complexity index is 618. The van der Waals surface area contributed by atoms with Crippen LogP contribution >= 0.6 is 34.5 Å². The van der Waals surface area contributed by atoms with Crippen molar-refractivity contribution in [1.29, 1.82) is 0 Å². The average Bonchev–Trinajstić information content (AvgIpc) is 2.48.